The van der Waals surface area contributed by atoms with E-state index in [2.05, 4.69) is 10.1 Å². The van der Waals surface area contributed by atoms with Crippen LogP contribution in [0.4, 0.5) is 4.79 Å². The number of Topliss-reactive ketones (excluding diaryl/α,β-unsaturated/α-hetero) is 1. The Labute approximate surface area is 164 Å². The van der Waals surface area contributed by atoms with Crippen molar-refractivity contribution in [2.24, 2.45) is 0 Å². The van der Waals surface area contributed by atoms with Crippen LogP contribution in [-0.2, 0) is 35.2 Å². The Morgan fingerprint density at radius 2 is 1.71 bits per heavy atom. The van der Waals surface area contributed by atoms with Gasteiger partial charge >= 0.3 is 18.0 Å². The Hall–Kier alpha value is -2.90. The summed E-state index contributed by atoms with van der Waals surface area (Å²) in [5, 5.41) is 2.38. The lowest BCUT2D eigenvalue weighted by molar-refractivity contribution is -0.156. The third kappa shape index (κ3) is 9.70. The average Bonchev–Trinajstić information content (AvgIpc) is 2.61. The van der Waals surface area contributed by atoms with Gasteiger partial charge in [0.25, 0.3) is 0 Å². The first-order chi connectivity index (χ1) is 13.1. The number of rotatable bonds is 9. The molecule has 0 radical (unpaired) electrons. The normalized spacial score (nSPS) is 11.9. The van der Waals surface area contributed by atoms with Gasteiger partial charge in [-0.05, 0) is 32.8 Å². The van der Waals surface area contributed by atoms with E-state index in [1.807, 2.05) is 18.2 Å². The number of hydrogen-bond donors (Lipinski definition) is 1. The minimum absolute atomic E-state index is 0.0191. The number of carbonyl (C=O) groups excluding carboxylic acids is 4. The van der Waals surface area contributed by atoms with Crippen LogP contribution in [0.15, 0.2) is 30.3 Å². The zero-order valence-corrected chi connectivity index (χ0v) is 16.7. The average molecular weight is 393 g/mol. The second-order valence-electron chi connectivity index (χ2n) is 7.12. The van der Waals surface area contributed by atoms with E-state index in [0.29, 0.717) is 0 Å². The van der Waals surface area contributed by atoms with Crippen molar-refractivity contribution in [3.05, 3.63) is 35.9 Å². The van der Waals surface area contributed by atoms with Crippen molar-refractivity contribution in [3.63, 3.8) is 0 Å². The van der Waals surface area contributed by atoms with Gasteiger partial charge in [-0.15, -0.1) is 0 Å². The van der Waals surface area contributed by atoms with Crippen LogP contribution in [0.2, 0.25) is 0 Å². The number of nitrogens with one attached hydrogen (secondary N) is 1. The Balaban J connectivity index is 2.49. The van der Waals surface area contributed by atoms with Crippen LogP contribution in [0, 0.1) is 0 Å². The molecule has 0 unspecified atom stereocenters. The zero-order chi connectivity index (χ0) is 21.2. The molecule has 8 heteroatoms. The van der Waals surface area contributed by atoms with E-state index in [0.717, 1.165) is 5.56 Å². The van der Waals surface area contributed by atoms with E-state index in [1.54, 1.807) is 32.9 Å². The summed E-state index contributed by atoms with van der Waals surface area (Å²) < 4.78 is 14.8. The molecule has 0 aromatic heterocycles. The number of esters is 2. The smallest absolute Gasteiger partial charge is 0.408 e. The van der Waals surface area contributed by atoms with Gasteiger partial charge in [-0.1, -0.05) is 30.3 Å². The molecule has 8 nitrogen and oxygen atoms in total. The Bertz CT molecular complexity index is 680. The van der Waals surface area contributed by atoms with Crippen molar-refractivity contribution in [2.75, 3.05) is 7.11 Å². The maximum Gasteiger partial charge on any atom is 0.408 e. The SMILES string of the molecule is COC(=O)[C@H](CCC(=O)CC(=O)OC(C)(C)C)NC(=O)OCc1ccccc1. The molecule has 1 atom stereocenters. The minimum atomic E-state index is -1.06. The largest absolute Gasteiger partial charge is 0.467 e. The summed E-state index contributed by atoms with van der Waals surface area (Å²) >= 11 is 0. The topological polar surface area (TPSA) is 108 Å². The highest BCUT2D eigenvalue weighted by molar-refractivity contribution is 5.96. The maximum atomic E-state index is 12.0. The summed E-state index contributed by atoms with van der Waals surface area (Å²) in [6.45, 7) is 5.15. The molecule has 28 heavy (non-hydrogen) atoms. The quantitative estimate of drug-likeness (QED) is 0.390. The van der Waals surface area contributed by atoms with Gasteiger partial charge in [-0.2, -0.15) is 0 Å². The molecule has 154 valence electrons. The minimum Gasteiger partial charge on any atom is -0.467 e. The number of ether oxygens (including phenoxy) is 3. The zero-order valence-electron chi connectivity index (χ0n) is 16.7. The molecule has 0 saturated heterocycles. The second-order valence-corrected chi connectivity index (χ2v) is 7.12. The number of carbonyl (C=O) groups is 4. The van der Waals surface area contributed by atoms with Gasteiger partial charge in [-0.3, -0.25) is 9.59 Å². The van der Waals surface area contributed by atoms with Crippen LogP contribution in [0.25, 0.3) is 0 Å². The predicted molar refractivity (Wildman–Crippen MR) is 100 cm³/mol. The third-order valence-electron chi connectivity index (χ3n) is 3.46. The van der Waals surface area contributed by atoms with Gasteiger partial charge in [-0.25, -0.2) is 9.59 Å². The molecular formula is C20H27NO7. The standard InChI is InChI=1S/C20H27NO7/c1-20(2,3)28-17(23)12-15(22)10-11-16(18(24)26-4)21-19(25)27-13-14-8-6-5-7-9-14/h5-9,16H,10-13H2,1-4H3,(H,21,25)/t16-/m0/s1. The molecule has 0 aliphatic heterocycles. The molecule has 1 amide bonds. The first kappa shape index (κ1) is 23.1. The molecule has 0 fully saturated rings. The lowest BCUT2D eigenvalue weighted by Crippen LogP contribution is -2.42. The highest BCUT2D eigenvalue weighted by Crippen LogP contribution is 2.10. The number of benzene rings is 1. The predicted octanol–water partition coefficient (Wildman–Crippen LogP) is 2.54. The van der Waals surface area contributed by atoms with Crippen molar-refractivity contribution in [2.45, 2.75) is 58.3 Å². The first-order valence-corrected chi connectivity index (χ1v) is 8.89. The van der Waals surface area contributed by atoms with Crippen LogP contribution in [0.1, 0.15) is 45.6 Å². The van der Waals surface area contributed by atoms with Crippen LogP contribution >= 0.6 is 0 Å². The van der Waals surface area contributed by atoms with E-state index >= 15 is 0 Å². The third-order valence-corrected chi connectivity index (χ3v) is 3.46. The molecule has 1 aromatic carbocycles. The van der Waals surface area contributed by atoms with Gasteiger partial charge in [0.05, 0.1) is 7.11 Å². The molecule has 0 aliphatic carbocycles. The molecule has 0 bridgehead atoms. The summed E-state index contributed by atoms with van der Waals surface area (Å²) in [6.07, 6.45) is -1.32. The van der Waals surface area contributed by atoms with Crippen molar-refractivity contribution < 1.29 is 33.4 Å². The fourth-order valence-corrected chi connectivity index (χ4v) is 2.23. The molecule has 0 spiro atoms. The van der Waals surface area contributed by atoms with Crippen LogP contribution in [0.3, 0.4) is 0 Å². The van der Waals surface area contributed by atoms with Gasteiger partial charge in [0.1, 0.15) is 30.5 Å². The van der Waals surface area contributed by atoms with Crippen molar-refractivity contribution in [1.29, 1.82) is 0 Å². The van der Waals surface area contributed by atoms with E-state index in [9.17, 15) is 19.2 Å². The van der Waals surface area contributed by atoms with Crippen LogP contribution in [-0.4, -0.2) is 42.6 Å². The second kappa shape index (κ2) is 11.1. The molecule has 1 aromatic rings. The molecule has 1 N–H and O–H groups in total. The summed E-state index contributed by atoms with van der Waals surface area (Å²) in [5.41, 5.74) is 0.107. The molecule has 0 heterocycles. The van der Waals surface area contributed by atoms with E-state index in [4.69, 9.17) is 9.47 Å². The van der Waals surface area contributed by atoms with Gasteiger partial charge in [0.15, 0.2) is 0 Å². The number of methoxy groups -OCH3 is 1. The van der Waals surface area contributed by atoms with Crippen molar-refractivity contribution in [3.8, 4) is 0 Å². The lowest BCUT2D eigenvalue weighted by atomic mass is 10.1. The van der Waals surface area contributed by atoms with Gasteiger partial charge in [0, 0.05) is 6.42 Å². The van der Waals surface area contributed by atoms with Gasteiger partial charge in [0.2, 0.25) is 0 Å². The van der Waals surface area contributed by atoms with Gasteiger partial charge < -0.3 is 19.5 Å². The maximum absolute atomic E-state index is 12.0. The van der Waals surface area contributed by atoms with Crippen LogP contribution < -0.4 is 5.32 Å². The lowest BCUT2D eigenvalue weighted by Gasteiger charge is -2.19. The number of alkyl carbamates (subject to hydrolysis) is 1. The molecule has 0 saturated carbocycles. The molecule has 1 rings (SSSR count). The monoisotopic (exact) mass is 393 g/mol. The Kier molecular flexibility index (Phi) is 9.14. The number of amides is 1. The molecular weight excluding hydrogens is 366 g/mol. The summed E-state index contributed by atoms with van der Waals surface area (Å²) in [7, 11) is 1.18. The number of hydrogen-bond acceptors (Lipinski definition) is 7. The Morgan fingerprint density at radius 3 is 2.29 bits per heavy atom. The van der Waals surface area contributed by atoms with Crippen LogP contribution in [0.5, 0.6) is 0 Å². The highest BCUT2D eigenvalue weighted by atomic mass is 16.6. The summed E-state index contributed by atoms with van der Waals surface area (Å²) in [5.74, 6) is -1.74. The summed E-state index contributed by atoms with van der Waals surface area (Å²) in [4.78, 5) is 47.4. The van der Waals surface area contributed by atoms with Crippen molar-refractivity contribution >= 4 is 23.8 Å². The highest BCUT2D eigenvalue weighted by Gasteiger charge is 2.25. The Morgan fingerprint density at radius 1 is 1.07 bits per heavy atom. The fourth-order valence-electron chi connectivity index (χ4n) is 2.23. The molecule has 0 aliphatic rings. The first-order valence-electron chi connectivity index (χ1n) is 8.89. The van der Waals surface area contributed by atoms with Crippen molar-refractivity contribution in [1.82, 2.24) is 5.32 Å². The van der Waals surface area contributed by atoms with E-state index in [1.165, 1.54) is 7.11 Å². The number of ketones is 1. The van der Waals surface area contributed by atoms with E-state index < -0.39 is 41.9 Å². The summed E-state index contributed by atoms with van der Waals surface area (Å²) in [6, 6.07) is 7.98. The van der Waals surface area contributed by atoms with E-state index in [-0.39, 0.29) is 19.4 Å². The fraction of sp³-hybridized carbons (Fsp3) is 0.500.